The van der Waals surface area contributed by atoms with Gasteiger partial charge in [-0.05, 0) is 53.2 Å². The van der Waals surface area contributed by atoms with E-state index in [9.17, 15) is 4.79 Å². The molecule has 0 spiro atoms. The SMILES string of the molecule is O=C(CCCOc1ccccc1)Oc1ccc(-n2cnnn2)cc1. The highest BCUT2D eigenvalue weighted by atomic mass is 16.5. The molecule has 0 saturated heterocycles. The van der Waals surface area contributed by atoms with Crippen molar-refractivity contribution in [2.75, 3.05) is 6.61 Å². The zero-order chi connectivity index (χ0) is 16.6. The molecule has 0 fully saturated rings. The topological polar surface area (TPSA) is 79.1 Å². The van der Waals surface area contributed by atoms with Crippen LogP contribution in [0.1, 0.15) is 12.8 Å². The summed E-state index contributed by atoms with van der Waals surface area (Å²) < 4.78 is 12.3. The molecule has 0 bridgehead atoms. The Labute approximate surface area is 138 Å². The highest BCUT2D eigenvalue weighted by Crippen LogP contribution is 2.15. The zero-order valence-electron chi connectivity index (χ0n) is 12.9. The van der Waals surface area contributed by atoms with Crippen LogP contribution in [0.5, 0.6) is 11.5 Å². The first-order valence-electron chi connectivity index (χ1n) is 7.53. The van der Waals surface area contributed by atoms with Crippen molar-refractivity contribution in [2.24, 2.45) is 0 Å². The molecular weight excluding hydrogens is 308 g/mol. The van der Waals surface area contributed by atoms with Crippen molar-refractivity contribution in [3.05, 3.63) is 60.9 Å². The quantitative estimate of drug-likeness (QED) is 0.377. The molecule has 3 aromatic rings. The lowest BCUT2D eigenvalue weighted by Gasteiger charge is -2.07. The van der Waals surface area contributed by atoms with E-state index in [-0.39, 0.29) is 5.97 Å². The van der Waals surface area contributed by atoms with Crippen molar-refractivity contribution in [1.82, 2.24) is 20.2 Å². The van der Waals surface area contributed by atoms with Crippen LogP contribution in [0.2, 0.25) is 0 Å². The Morgan fingerprint density at radius 2 is 1.79 bits per heavy atom. The fourth-order valence-electron chi connectivity index (χ4n) is 2.05. The number of ether oxygens (including phenoxy) is 2. The summed E-state index contributed by atoms with van der Waals surface area (Å²) in [5.74, 6) is 0.992. The van der Waals surface area contributed by atoms with E-state index >= 15 is 0 Å². The maximum absolute atomic E-state index is 11.8. The van der Waals surface area contributed by atoms with Crippen LogP contribution < -0.4 is 9.47 Å². The summed E-state index contributed by atoms with van der Waals surface area (Å²) >= 11 is 0. The first-order valence-corrected chi connectivity index (χ1v) is 7.53. The minimum atomic E-state index is -0.290. The van der Waals surface area contributed by atoms with Crippen molar-refractivity contribution in [3.63, 3.8) is 0 Å². The fourth-order valence-corrected chi connectivity index (χ4v) is 2.05. The van der Waals surface area contributed by atoms with Gasteiger partial charge in [0.1, 0.15) is 17.8 Å². The van der Waals surface area contributed by atoms with Gasteiger partial charge < -0.3 is 9.47 Å². The van der Waals surface area contributed by atoms with Crippen LogP contribution in [0.3, 0.4) is 0 Å². The summed E-state index contributed by atoms with van der Waals surface area (Å²) in [7, 11) is 0. The van der Waals surface area contributed by atoms with Crippen molar-refractivity contribution >= 4 is 5.97 Å². The van der Waals surface area contributed by atoms with Crippen molar-refractivity contribution < 1.29 is 14.3 Å². The Hall–Kier alpha value is -3.22. The second-order valence-corrected chi connectivity index (χ2v) is 4.99. The van der Waals surface area contributed by atoms with Crippen LogP contribution in [0.25, 0.3) is 5.69 Å². The molecule has 7 nitrogen and oxygen atoms in total. The van der Waals surface area contributed by atoms with Crippen LogP contribution in [0.4, 0.5) is 0 Å². The minimum absolute atomic E-state index is 0.290. The predicted molar refractivity (Wildman–Crippen MR) is 86.0 cm³/mol. The number of tetrazole rings is 1. The average Bonchev–Trinajstić information content (AvgIpc) is 3.15. The summed E-state index contributed by atoms with van der Waals surface area (Å²) in [6.07, 6.45) is 2.38. The van der Waals surface area contributed by atoms with Gasteiger partial charge in [-0.3, -0.25) is 4.79 Å². The molecule has 0 saturated carbocycles. The third kappa shape index (κ3) is 4.39. The van der Waals surface area contributed by atoms with Gasteiger partial charge in [-0.15, -0.1) is 5.10 Å². The molecule has 0 radical (unpaired) electrons. The molecule has 2 aromatic carbocycles. The Morgan fingerprint density at radius 1 is 1.00 bits per heavy atom. The number of carbonyl (C=O) groups is 1. The molecule has 0 atom stereocenters. The fraction of sp³-hybridized carbons (Fsp3) is 0.176. The number of para-hydroxylation sites is 1. The highest BCUT2D eigenvalue weighted by Gasteiger charge is 2.06. The van der Waals surface area contributed by atoms with Gasteiger partial charge in [-0.25, -0.2) is 4.68 Å². The molecule has 0 unspecified atom stereocenters. The number of rotatable bonds is 7. The molecule has 0 aliphatic heterocycles. The molecule has 122 valence electrons. The average molecular weight is 324 g/mol. The van der Waals surface area contributed by atoms with E-state index in [0.29, 0.717) is 25.2 Å². The van der Waals surface area contributed by atoms with Gasteiger partial charge in [0, 0.05) is 6.42 Å². The highest BCUT2D eigenvalue weighted by molar-refractivity contribution is 5.72. The Kier molecular flexibility index (Phi) is 5.14. The number of hydrogen-bond acceptors (Lipinski definition) is 6. The number of hydrogen-bond donors (Lipinski definition) is 0. The molecule has 1 aromatic heterocycles. The second-order valence-electron chi connectivity index (χ2n) is 4.99. The predicted octanol–water partition coefficient (Wildman–Crippen LogP) is 2.43. The van der Waals surface area contributed by atoms with Crippen molar-refractivity contribution in [3.8, 4) is 17.2 Å². The van der Waals surface area contributed by atoms with E-state index in [1.165, 1.54) is 11.0 Å². The van der Waals surface area contributed by atoms with Gasteiger partial charge in [-0.2, -0.15) is 0 Å². The third-order valence-corrected chi connectivity index (χ3v) is 3.22. The standard InChI is InChI=1S/C17H16N4O3/c22-17(7-4-12-23-15-5-2-1-3-6-15)24-16-10-8-14(9-11-16)21-13-18-19-20-21/h1-3,5-6,8-11,13H,4,7,12H2. The van der Waals surface area contributed by atoms with Crippen LogP contribution in [-0.2, 0) is 4.79 Å². The molecular formula is C17H16N4O3. The molecule has 0 amide bonds. The van der Waals surface area contributed by atoms with Gasteiger partial charge in [0.05, 0.1) is 12.3 Å². The number of benzene rings is 2. The van der Waals surface area contributed by atoms with Gasteiger partial charge in [0.15, 0.2) is 0 Å². The first kappa shape index (κ1) is 15.7. The maximum atomic E-state index is 11.8. The lowest BCUT2D eigenvalue weighted by molar-refractivity contribution is -0.134. The zero-order valence-corrected chi connectivity index (χ0v) is 12.9. The largest absolute Gasteiger partial charge is 0.494 e. The maximum Gasteiger partial charge on any atom is 0.311 e. The van der Waals surface area contributed by atoms with E-state index in [2.05, 4.69) is 15.5 Å². The van der Waals surface area contributed by atoms with Crippen LogP contribution in [-0.4, -0.2) is 32.8 Å². The molecule has 0 N–H and O–H groups in total. The molecule has 3 rings (SSSR count). The van der Waals surface area contributed by atoms with Crippen LogP contribution >= 0.6 is 0 Å². The van der Waals surface area contributed by atoms with E-state index in [0.717, 1.165) is 11.4 Å². The van der Waals surface area contributed by atoms with E-state index < -0.39 is 0 Å². The monoisotopic (exact) mass is 324 g/mol. The molecule has 7 heteroatoms. The first-order chi connectivity index (χ1) is 11.8. The Bertz CT molecular complexity index is 758. The molecule has 0 aliphatic rings. The lowest BCUT2D eigenvalue weighted by atomic mass is 10.3. The number of esters is 1. The number of nitrogens with zero attached hydrogens (tertiary/aromatic N) is 4. The molecule has 0 aliphatic carbocycles. The van der Waals surface area contributed by atoms with Crippen molar-refractivity contribution in [1.29, 1.82) is 0 Å². The van der Waals surface area contributed by atoms with Gasteiger partial charge in [0.2, 0.25) is 0 Å². The Morgan fingerprint density at radius 3 is 2.50 bits per heavy atom. The smallest absolute Gasteiger partial charge is 0.311 e. The number of aromatic nitrogens is 4. The lowest BCUT2D eigenvalue weighted by Crippen LogP contribution is -2.10. The second kappa shape index (κ2) is 7.87. The van der Waals surface area contributed by atoms with E-state index in [4.69, 9.17) is 9.47 Å². The number of carbonyl (C=O) groups excluding carboxylic acids is 1. The third-order valence-electron chi connectivity index (χ3n) is 3.22. The summed E-state index contributed by atoms with van der Waals surface area (Å²) in [6, 6.07) is 16.5. The van der Waals surface area contributed by atoms with E-state index in [1.54, 1.807) is 24.3 Å². The summed E-state index contributed by atoms with van der Waals surface area (Å²) in [4.78, 5) is 11.8. The van der Waals surface area contributed by atoms with Gasteiger partial charge in [0.25, 0.3) is 0 Å². The van der Waals surface area contributed by atoms with Crippen LogP contribution in [0.15, 0.2) is 60.9 Å². The minimum Gasteiger partial charge on any atom is -0.494 e. The van der Waals surface area contributed by atoms with Crippen LogP contribution in [0, 0.1) is 0 Å². The van der Waals surface area contributed by atoms with E-state index in [1.807, 2.05) is 30.3 Å². The van der Waals surface area contributed by atoms with Crippen molar-refractivity contribution in [2.45, 2.75) is 12.8 Å². The normalized spacial score (nSPS) is 10.3. The summed E-state index contributed by atoms with van der Waals surface area (Å²) in [5.41, 5.74) is 0.788. The summed E-state index contributed by atoms with van der Waals surface area (Å²) in [6.45, 7) is 0.470. The Balaban J connectivity index is 1.42. The molecule has 24 heavy (non-hydrogen) atoms. The molecule has 1 heterocycles. The van der Waals surface area contributed by atoms with Gasteiger partial charge >= 0.3 is 5.97 Å². The van der Waals surface area contributed by atoms with Gasteiger partial charge in [-0.1, -0.05) is 18.2 Å². The summed E-state index contributed by atoms with van der Waals surface area (Å²) in [5, 5.41) is 10.9.